The van der Waals surface area contributed by atoms with Crippen molar-refractivity contribution in [3.8, 4) is 0 Å². The van der Waals surface area contributed by atoms with Gasteiger partial charge < -0.3 is 15.2 Å². The minimum atomic E-state index is -0.468. The van der Waals surface area contributed by atoms with Crippen molar-refractivity contribution in [2.24, 2.45) is 0 Å². The Bertz CT molecular complexity index is 316. The SMILES string of the molecule is CCOCC(O)CN[C@@H](C)c1ccc(Cl)cc1. The third-order valence-corrected chi connectivity index (χ3v) is 2.80. The van der Waals surface area contributed by atoms with Crippen LogP contribution in [0.15, 0.2) is 24.3 Å². The molecular weight excluding hydrogens is 238 g/mol. The van der Waals surface area contributed by atoms with E-state index >= 15 is 0 Å². The first-order valence-corrected chi connectivity index (χ1v) is 6.26. The van der Waals surface area contributed by atoms with Crippen molar-refractivity contribution >= 4 is 11.6 Å². The van der Waals surface area contributed by atoms with Crippen LogP contribution in [0.2, 0.25) is 5.02 Å². The summed E-state index contributed by atoms with van der Waals surface area (Å²) < 4.78 is 5.14. The predicted octanol–water partition coefficient (Wildman–Crippen LogP) is 2.39. The number of nitrogens with one attached hydrogen (secondary N) is 1. The molecule has 0 radical (unpaired) electrons. The fourth-order valence-corrected chi connectivity index (χ4v) is 1.62. The van der Waals surface area contributed by atoms with Gasteiger partial charge in [-0.25, -0.2) is 0 Å². The van der Waals surface area contributed by atoms with E-state index in [1.807, 2.05) is 31.2 Å². The molecule has 0 saturated heterocycles. The molecule has 4 heteroatoms. The van der Waals surface area contributed by atoms with Crippen LogP contribution in [0.5, 0.6) is 0 Å². The van der Waals surface area contributed by atoms with Gasteiger partial charge in [-0.1, -0.05) is 23.7 Å². The molecule has 0 fully saturated rings. The van der Waals surface area contributed by atoms with Crippen LogP contribution < -0.4 is 5.32 Å². The topological polar surface area (TPSA) is 41.5 Å². The lowest BCUT2D eigenvalue weighted by Gasteiger charge is -2.17. The second kappa shape index (κ2) is 7.67. The summed E-state index contributed by atoms with van der Waals surface area (Å²) >= 11 is 5.82. The molecule has 96 valence electrons. The molecule has 0 heterocycles. The van der Waals surface area contributed by atoms with Gasteiger partial charge in [0.05, 0.1) is 12.7 Å². The molecule has 2 N–H and O–H groups in total. The zero-order valence-electron chi connectivity index (χ0n) is 10.3. The van der Waals surface area contributed by atoms with Crippen molar-refractivity contribution in [2.45, 2.75) is 26.0 Å². The minimum Gasteiger partial charge on any atom is -0.389 e. The molecule has 0 saturated carbocycles. The zero-order chi connectivity index (χ0) is 12.7. The van der Waals surface area contributed by atoms with Crippen LogP contribution in [0.3, 0.4) is 0 Å². The lowest BCUT2D eigenvalue weighted by atomic mass is 10.1. The molecule has 17 heavy (non-hydrogen) atoms. The summed E-state index contributed by atoms with van der Waals surface area (Å²) in [7, 11) is 0. The summed E-state index contributed by atoms with van der Waals surface area (Å²) in [6.07, 6.45) is -0.468. The van der Waals surface area contributed by atoms with Gasteiger partial charge in [0, 0.05) is 24.2 Å². The number of hydrogen-bond donors (Lipinski definition) is 2. The Morgan fingerprint density at radius 3 is 2.59 bits per heavy atom. The van der Waals surface area contributed by atoms with Gasteiger partial charge in [0.2, 0.25) is 0 Å². The van der Waals surface area contributed by atoms with Crippen LogP contribution in [0.25, 0.3) is 0 Å². The Labute approximate surface area is 108 Å². The Morgan fingerprint density at radius 1 is 1.35 bits per heavy atom. The number of halogens is 1. The molecule has 0 aromatic heterocycles. The van der Waals surface area contributed by atoms with E-state index in [9.17, 15) is 5.11 Å². The van der Waals surface area contributed by atoms with Crippen LogP contribution >= 0.6 is 11.6 Å². The smallest absolute Gasteiger partial charge is 0.0897 e. The highest BCUT2D eigenvalue weighted by atomic mass is 35.5. The van der Waals surface area contributed by atoms with Crippen molar-refractivity contribution in [1.82, 2.24) is 5.32 Å². The Kier molecular flexibility index (Phi) is 6.52. The highest BCUT2D eigenvalue weighted by Gasteiger charge is 2.08. The van der Waals surface area contributed by atoms with Gasteiger partial charge in [-0.2, -0.15) is 0 Å². The molecule has 0 aliphatic carbocycles. The average Bonchev–Trinajstić information content (AvgIpc) is 2.34. The fourth-order valence-electron chi connectivity index (χ4n) is 1.49. The van der Waals surface area contributed by atoms with Gasteiger partial charge in [0.15, 0.2) is 0 Å². The molecular formula is C13H20ClNO2. The maximum atomic E-state index is 9.61. The van der Waals surface area contributed by atoms with Crippen LogP contribution in [-0.4, -0.2) is 31.0 Å². The first-order chi connectivity index (χ1) is 8.13. The predicted molar refractivity (Wildman–Crippen MR) is 70.4 cm³/mol. The highest BCUT2D eigenvalue weighted by Crippen LogP contribution is 2.15. The summed E-state index contributed by atoms with van der Waals surface area (Å²) in [5.74, 6) is 0. The molecule has 0 bridgehead atoms. The maximum absolute atomic E-state index is 9.61. The number of ether oxygens (including phenoxy) is 1. The van der Waals surface area contributed by atoms with E-state index in [-0.39, 0.29) is 6.04 Å². The van der Waals surface area contributed by atoms with E-state index < -0.39 is 6.10 Å². The summed E-state index contributed by atoms with van der Waals surface area (Å²) in [4.78, 5) is 0. The van der Waals surface area contributed by atoms with E-state index in [0.29, 0.717) is 19.8 Å². The Balaban J connectivity index is 2.34. The Morgan fingerprint density at radius 2 is 2.00 bits per heavy atom. The second-order valence-electron chi connectivity index (χ2n) is 3.99. The standard InChI is InChI=1S/C13H20ClNO2/c1-3-17-9-13(16)8-15-10(2)11-4-6-12(14)7-5-11/h4-7,10,13,15-16H,3,8-9H2,1-2H3/t10-,13?/m0/s1. The normalized spacial score (nSPS) is 14.6. The lowest BCUT2D eigenvalue weighted by molar-refractivity contribution is 0.0416. The summed E-state index contributed by atoms with van der Waals surface area (Å²) in [5.41, 5.74) is 1.15. The highest BCUT2D eigenvalue weighted by molar-refractivity contribution is 6.30. The molecule has 0 amide bonds. The van der Waals surface area contributed by atoms with Gasteiger partial charge in [0.25, 0.3) is 0 Å². The molecule has 3 nitrogen and oxygen atoms in total. The van der Waals surface area contributed by atoms with E-state index in [1.165, 1.54) is 0 Å². The van der Waals surface area contributed by atoms with Crippen molar-refractivity contribution in [3.05, 3.63) is 34.9 Å². The van der Waals surface area contributed by atoms with Gasteiger partial charge in [-0.3, -0.25) is 0 Å². The van der Waals surface area contributed by atoms with E-state index in [4.69, 9.17) is 16.3 Å². The molecule has 1 aromatic carbocycles. The number of rotatable bonds is 7. The molecule has 1 unspecified atom stereocenters. The molecule has 0 aliphatic heterocycles. The van der Waals surface area contributed by atoms with Crippen molar-refractivity contribution in [2.75, 3.05) is 19.8 Å². The van der Waals surface area contributed by atoms with Gasteiger partial charge in [0.1, 0.15) is 0 Å². The molecule has 1 aromatic rings. The summed E-state index contributed by atoms with van der Waals surface area (Å²) in [6.45, 7) is 5.48. The van der Waals surface area contributed by atoms with Crippen LogP contribution in [-0.2, 0) is 4.74 Å². The molecule has 0 spiro atoms. The van der Waals surface area contributed by atoms with Crippen molar-refractivity contribution < 1.29 is 9.84 Å². The molecule has 2 atom stereocenters. The monoisotopic (exact) mass is 257 g/mol. The number of aliphatic hydroxyl groups excluding tert-OH is 1. The minimum absolute atomic E-state index is 0.184. The van der Waals surface area contributed by atoms with Gasteiger partial charge in [-0.05, 0) is 31.5 Å². The third-order valence-electron chi connectivity index (χ3n) is 2.54. The third kappa shape index (κ3) is 5.50. The molecule has 1 rings (SSSR count). The zero-order valence-corrected chi connectivity index (χ0v) is 11.1. The van der Waals surface area contributed by atoms with Gasteiger partial charge in [-0.15, -0.1) is 0 Å². The lowest BCUT2D eigenvalue weighted by Crippen LogP contribution is -2.32. The van der Waals surface area contributed by atoms with Gasteiger partial charge >= 0.3 is 0 Å². The average molecular weight is 258 g/mol. The van der Waals surface area contributed by atoms with Crippen molar-refractivity contribution in [3.63, 3.8) is 0 Å². The number of aliphatic hydroxyl groups is 1. The molecule has 0 aliphatic rings. The Hall–Kier alpha value is -0.610. The van der Waals surface area contributed by atoms with Crippen LogP contribution in [0.1, 0.15) is 25.5 Å². The fraction of sp³-hybridized carbons (Fsp3) is 0.538. The van der Waals surface area contributed by atoms with E-state index in [2.05, 4.69) is 12.2 Å². The summed E-state index contributed by atoms with van der Waals surface area (Å²) in [6, 6.07) is 7.88. The quantitative estimate of drug-likeness (QED) is 0.788. The van der Waals surface area contributed by atoms with Crippen LogP contribution in [0.4, 0.5) is 0 Å². The van der Waals surface area contributed by atoms with E-state index in [0.717, 1.165) is 10.6 Å². The number of benzene rings is 1. The maximum Gasteiger partial charge on any atom is 0.0897 e. The van der Waals surface area contributed by atoms with Crippen molar-refractivity contribution in [1.29, 1.82) is 0 Å². The largest absolute Gasteiger partial charge is 0.389 e. The number of hydrogen-bond acceptors (Lipinski definition) is 3. The van der Waals surface area contributed by atoms with E-state index in [1.54, 1.807) is 0 Å². The second-order valence-corrected chi connectivity index (χ2v) is 4.43. The van der Waals surface area contributed by atoms with Crippen LogP contribution in [0, 0.1) is 0 Å². The first-order valence-electron chi connectivity index (χ1n) is 5.88. The summed E-state index contributed by atoms with van der Waals surface area (Å²) in [5, 5.41) is 13.6. The first kappa shape index (κ1) is 14.5.